The maximum Gasteiger partial charge on any atom is 0.409 e. The summed E-state index contributed by atoms with van der Waals surface area (Å²) >= 11 is 0. The minimum atomic E-state index is -0.157. The van der Waals surface area contributed by atoms with Crippen LogP contribution >= 0.6 is 0 Å². The normalized spacial score (nSPS) is 32.2. The van der Waals surface area contributed by atoms with Gasteiger partial charge in [0.15, 0.2) is 0 Å². The van der Waals surface area contributed by atoms with Gasteiger partial charge in [-0.15, -0.1) is 0 Å². The number of nitrogens with zero attached hydrogens (tertiary/aromatic N) is 3. The van der Waals surface area contributed by atoms with Gasteiger partial charge in [-0.1, -0.05) is 0 Å². The van der Waals surface area contributed by atoms with Crippen molar-refractivity contribution >= 4 is 12.0 Å². The molecule has 4 fully saturated rings. The lowest BCUT2D eigenvalue weighted by atomic mass is 9.60. The molecule has 1 spiro atoms. The first kappa shape index (κ1) is 18.1. The van der Waals surface area contributed by atoms with Gasteiger partial charge in [-0.25, -0.2) is 4.79 Å². The summed E-state index contributed by atoms with van der Waals surface area (Å²) in [6.45, 7) is 13.3. The molecule has 3 atom stereocenters. The van der Waals surface area contributed by atoms with Crippen LogP contribution in [0.25, 0.3) is 0 Å². The summed E-state index contributed by atoms with van der Waals surface area (Å²) in [4.78, 5) is 30.9. The first-order valence-corrected chi connectivity index (χ1v) is 10.4. The second-order valence-electron chi connectivity index (χ2n) is 9.14. The molecule has 1 unspecified atom stereocenters. The summed E-state index contributed by atoms with van der Waals surface area (Å²) in [6.07, 6.45) is 2.25. The first-order valence-electron chi connectivity index (χ1n) is 10.4. The lowest BCUT2D eigenvalue weighted by molar-refractivity contribution is -0.135. The molecular formula is C20H33N3O3. The van der Waals surface area contributed by atoms with Gasteiger partial charge in [0, 0.05) is 56.1 Å². The Labute approximate surface area is 156 Å². The molecule has 0 aromatic heterocycles. The maximum absolute atomic E-state index is 12.7. The van der Waals surface area contributed by atoms with E-state index in [2.05, 4.69) is 25.7 Å². The van der Waals surface area contributed by atoms with E-state index in [1.807, 2.05) is 16.7 Å². The van der Waals surface area contributed by atoms with Crippen molar-refractivity contribution in [2.45, 2.75) is 52.6 Å². The number of amides is 2. The van der Waals surface area contributed by atoms with Crippen molar-refractivity contribution in [1.29, 1.82) is 0 Å². The molecule has 0 aromatic rings. The monoisotopic (exact) mass is 363 g/mol. The second kappa shape index (κ2) is 6.39. The molecule has 146 valence electrons. The molecule has 2 saturated heterocycles. The Kier molecular flexibility index (Phi) is 4.45. The molecule has 2 aliphatic carbocycles. The van der Waals surface area contributed by atoms with E-state index in [1.54, 1.807) is 0 Å². The van der Waals surface area contributed by atoms with Crippen LogP contribution < -0.4 is 0 Å². The zero-order valence-electron chi connectivity index (χ0n) is 16.6. The molecule has 2 saturated carbocycles. The highest BCUT2D eigenvalue weighted by molar-refractivity contribution is 5.83. The van der Waals surface area contributed by atoms with Crippen molar-refractivity contribution in [3.05, 3.63) is 0 Å². The third-order valence-corrected chi connectivity index (χ3v) is 7.19. The van der Waals surface area contributed by atoms with Gasteiger partial charge < -0.3 is 14.5 Å². The largest absolute Gasteiger partial charge is 0.450 e. The Bertz CT molecular complexity index is 567. The molecule has 0 aromatic carbocycles. The fourth-order valence-electron chi connectivity index (χ4n) is 5.75. The van der Waals surface area contributed by atoms with Crippen LogP contribution in [0.3, 0.4) is 0 Å². The van der Waals surface area contributed by atoms with Gasteiger partial charge >= 0.3 is 6.09 Å². The van der Waals surface area contributed by atoms with Crippen molar-refractivity contribution in [3.8, 4) is 0 Å². The predicted molar refractivity (Wildman–Crippen MR) is 98.6 cm³/mol. The molecule has 6 heteroatoms. The number of ether oxygens (including phenoxy) is 1. The first-order chi connectivity index (χ1) is 12.4. The molecule has 2 heterocycles. The summed E-state index contributed by atoms with van der Waals surface area (Å²) in [7, 11) is 0. The van der Waals surface area contributed by atoms with Crippen molar-refractivity contribution in [2.24, 2.45) is 23.2 Å². The van der Waals surface area contributed by atoms with Gasteiger partial charge in [-0.05, 0) is 52.4 Å². The molecule has 4 rings (SSSR count). The van der Waals surface area contributed by atoms with Crippen molar-refractivity contribution in [2.75, 3.05) is 39.3 Å². The van der Waals surface area contributed by atoms with E-state index in [9.17, 15) is 9.59 Å². The zero-order chi connectivity index (χ0) is 18.6. The molecule has 26 heavy (non-hydrogen) atoms. The van der Waals surface area contributed by atoms with E-state index < -0.39 is 0 Å². The van der Waals surface area contributed by atoms with Gasteiger partial charge in [0.05, 0.1) is 6.61 Å². The quantitative estimate of drug-likeness (QED) is 0.750. The van der Waals surface area contributed by atoms with Gasteiger partial charge in [0.2, 0.25) is 5.91 Å². The van der Waals surface area contributed by atoms with Crippen LogP contribution in [0.5, 0.6) is 0 Å². The summed E-state index contributed by atoms with van der Waals surface area (Å²) in [5.41, 5.74) is 0.357. The van der Waals surface area contributed by atoms with Gasteiger partial charge in [-0.3, -0.25) is 9.69 Å². The van der Waals surface area contributed by atoms with E-state index in [-0.39, 0.29) is 12.0 Å². The van der Waals surface area contributed by atoms with Gasteiger partial charge in [0.1, 0.15) is 0 Å². The minimum absolute atomic E-state index is 0.157. The Morgan fingerprint density at radius 3 is 2.27 bits per heavy atom. The van der Waals surface area contributed by atoms with E-state index in [1.165, 1.54) is 12.8 Å². The number of carbonyl (C=O) groups excluding carboxylic acids is 2. The average molecular weight is 364 g/mol. The third-order valence-electron chi connectivity index (χ3n) is 7.19. The van der Waals surface area contributed by atoms with Crippen LogP contribution in [-0.4, -0.2) is 78.1 Å². The Morgan fingerprint density at radius 1 is 1.15 bits per heavy atom. The summed E-state index contributed by atoms with van der Waals surface area (Å²) < 4.78 is 5.07. The summed E-state index contributed by atoms with van der Waals surface area (Å²) in [5, 5.41) is 0. The molecule has 6 nitrogen and oxygen atoms in total. The van der Waals surface area contributed by atoms with E-state index in [0.29, 0.717) is 41.8 Å². The lowest BCUT2D eigenvalue weighted by Crippen LogP contribution is -2.67. The van der Waals surface area contributed by atoms with Crippen LogP contribution in [0.15, 0.2) is 0 Å². The number of carbonyl (C=O) groups is 2. The highest BCUT2D eigenvalue weighted by atomic mass is 16.6. The Hall–Kier alpha value is -1.30. The van der Waals surface area contributed by atoms with Crippen LogP contribution in [0, 0.1) is 23.2 Å². The van der Waals surface area contributed by atoms with Gasteiger partial charge in [0.25, 0.3) is 0 Å². The number of hydrogen-bond acceptors (Lipinski definition) is 4. The number of fused-ring (bicyclic) bond motifs is 1. The number of piperidine rings is 1. The standard InChI is InChI=1S/C20H33N3O3/c1-5-23(13(3)4)18(24)17-15-9-21(10-16(15)17)14-7-20(8-14)11-22(12-20)19(25)26-6-2/h13-17H,5-12H2,1-4H3/t15-,16+,17?. The summed E-state index contributed by atoms with van der Waals surface area (Å²) in [6, 6.07) is 0.965. The molecular weight excluding hydrogens is 330 g/mol. The fourth-order valence-corrected chi connectivity index (χ4v) is 5.75. The maximum atomic E-state index is 12.7. The third kappa shape index (κ3) is 2.81. The SMILES string of the molecule is CCOC(=O)N1CC2(CC(N3C[C@@H]4C(C(=O)N(CC)C(C)C)[C@@H]4C3)C2)C1. The summed E-state index contributed by atoms with van der Waals surface area (Å²) in [5.74, 6) is 1.84. The van der Waals surface area contributed by atoms with Crippen molar-refractivity contribution in [3.63, 3.8) is 0 Å². The molecule has 0 radical (unpaired) electrons. The smallest absolute Gasteiger partial charge is 0.409 e. The molecule has 2 aliphatic heterocycles. The second-order valence-corrected chi connectivity index (χ2v) is 9.14. The number of likely N-dealkylation sites (tertiary alicyclic amines) is 2. The topological polar surface area (TPSA) is 53.1 Å². The van der Waals surface area contributed by atoms with Crippen LogP contribution in [0.2, 0.25) is 0 Å². The highest BCUT2D eigenvalue weighted by Gasteiger charge is 2.63. The lowest BCUT2D eigenvalue weighted by Gasteiger charge is -2.60. The predicted octanol–water partition coefficient (Wildman–Crippen LogP) is 2.04. The Balaban J connectivity index is 1.21. The molecule has 0 bridgehead atoms. The molecule has 4 aliphatic rings. The molecule has 0 N–H and O–H groups in total. The van der Waals surface area contributed by atoms with Crippen LogP contribution in [-0.2, 0) is 9.53 Å². The van der Waals surface area contributed by atoms with E-state index >= 15 is 0 Å². The Morgan fingerprint density at radius 2 is 1.77 bits per heavy atom. The zero-order valence-corrected chi connectivity index (χ0v) is 16.6. The molecule has 2 amide bonds. The van der Waals surface area contributed by atoms with Crippen molar-refractivity contribution < 1.29 is 14.3 Å². The number of hydrogen-bond donors (Lipinski definition) is 0. The van der Waals surface area contributed by atoms with E-state index in [4.69, 9.17) is 4.74 Å². The minimum Gasteiger partial charge on any atom is -0.450 e. The van der Waals surface area contributed by atoms with E-state index in [0.717, 1.165) is 32.7 Å². The van der Waals surface area contributed by atoms with Crippen LogP contribution in [0.4, 0.5) is 4.79 Å². The average Bonchev–Trinajstić information content (AvgIpc) is 3.00. The van der Waals surface area contributed by atoms with Crippen molar-refractivity contribution in [1.82, 2.24) is 14.7 Å². The fraction of sp³-hybridized carbons (Fsp3) is 0.900. The van der Waals surface area contributed by atoms with Gasteiger partial charge in [-0.2, -0.15) is 0 Å². The van der Waals surface area contributed by atoms with Crippen LogP contribution in [0.1, 0.15) is 40.5 Å². The highest BCUT2D eigenvalue weighted by Crippen LogP contribution is 2.57. The number of rotatable bonds is 5.